The van der Waals surface area contributed by atoms with E-state index in [1.54, 1.807) is 0 Å². The van der Waals surface area contributed by atoms with Gasteiger partial charge in [-0.05, 0) is 18.3 Å². The van der Waals surface area contributed by atoms with Crippen molar-refractivity contribution in [2.24, 2.45) is 11.1 Å². The van der Waals surface area contributed by atoms with Crippen LogP contribution in [0.25, 0.3) is 0 Å². The van der Waals surface area contributed by atoms with Crippen LogP contribution in [-0.4, -0.2) is 19.1 Å². The van der Waals surface area contributed by atoms with Gasteiger partial charge in [0, 0.05) is 13.0 Å². The van der Waals surface area contributed by atoms with Crippen molar-refractivity contribution in [3.8, 4) is 0 Å². The Morgan fingerprint density at radius 1 is 1.73 bits per heavy atom. The third-order valence-corrected chi connectivity index (χ3v) is 2.12. The molecule has 1 atom stereocenters. The second-order valence-electron chi connectivity index (χ2n) is 3.61. The molecule has 1 rings (SSSR count). The van der Waals surface area contributed by atoms with E-state index in [-0.39, 0.29) is 11.3 Å². The number of primary amides is 1. The molecule has 1 aliphatic rings. The van der Waals surface area contributed by atoms with E-state index in [0.717, 1.165) is 19.4 Å². The standard InChI is InChI=1S/C8H15NO2/c1-8(5-7(9)10)3-2-4-11-6-8/h2-6H2,1H3,(H2,9,10)/t8-/m0/s1. The van der Waals surface area contributed by atoms with Gasteiger partial charge in [0.05, 0.1) is 6.61 Å². The SMILES string of the molecule is C[C@@]1(CC(N)=O)CCCOC1. The highest BCUT2D eigenvalue weighted by atomic mass is 16.5. The topological polar surface area (TPSA) is 52.3 Å². The van der Waals surface area contributed by atoms with Crippen LogP contribution in [0.4, 0.5) is 0 Å². The zero-order valence-corrected chi connectivity index (χ0v) is 6.93. The Labute approximate surface area is 66.9 Å². The molecule has 3 heteroatoms. The first-order valence-corrected chi connectivity index (χ1v) is 3.98. The fourth-order valence-electron chi connectivity index (χ4n) is 1.55. The molecule has 2 N–H and O–H groups in total. The quantitative estimate of drug-likeness (QED) is 0.640. The Morgan fingerprint density at radius 2 is 2.45 bits per heavy atom. The van der Waals surface area contributed by atoms with Gasteiger partial charge in [0.25, 0.3) is 0 Å². The van der Waals surface area contributed by atoms with Crippen molar-refractivity contribution in [3.63, 3.8) is 0 Å². The Bertz CT molecular complexity index is 150. The highest BCUT2D eigenvalue weighted by molar-refractivity contribution is 5.74. The van der Waals surface area contributed by atoms with E-state index in [9.17, 15) is 4.79 Å². The second-order valence-corrected chi connectivity index (χ2v) is 3.61. The maximum atomic E-state index is 10.6. The average Bonchev–Trinajstić information content (AvgIpc) is 1.85. The van der Waals surface area contributed by atoms with Crippen LogP contribution in [0.1, 0.15) is 26.2 Å². The number of carbonyl (C=O) groups excluding carboxylic acids is 1. The Balaban J connectivity index is 2.43. The minimum atomic E-state index is -0.224. The van der Waals surface area contributed by atoms with Gasteiger partial charge in [0.1, 0.15) is 0 Å². The molecule has 0 aliphatic carbocycles. The van der Waals surface area contributed by atoms with Gasteiger partial charge in [-0.15, -0.1) is 0 Å². The van der Waals surface area contributed by atoms with E-state index in [1.165, 1.54) is 0 Å². The molecule has 1 heterocycles. The van der Waals surface area contributed by atoms with Crippen LogP contribution in [0.2, 0.25) is 0 Å². The molecule has 0 spiro atoms. The first-order chi connectivity index (χ1) is 5.12. The van der Waals surface area contributed by atoms with Crippen molar-refractivity contribution in [3.05, 3.63) is 0 Å². The second kappa shape index (κ2) is 3.22. The molecule has 0 aromatic heterocycles. The van der Waals surface area contributed by atoms with E-state index in [1.807, 2.05) is 0 Å². The first kappa shape index (κ1) is 8.53. The van der Waals surface area contributed by atoms with E-state index < -0.39 is 0 Å². The van der Waals surface area contributed by atoms with Crippen LogP contribution in [0.15, 0.2) is 0 Å². The smallest absolute Gasteiger partial charge is 0.218 e. The summed E-state index contributed by atoms with van der Waals surface area (Å²) in [4.78, 5) is 10.6. The molecule has 0 bridgehead atoms. The van der Waals surface area contributed by atoms with Gasteiger partial charge in [-0.1, -0.05) is 6.92 Å². The van der Waals surface area contributed by atoms with Crippen LogP contribution < -0.4 is 5.73 Å². The Kier molecular flexibility index (Phi) is 2.49. The molecule has 1 fully saturated rings. The van der Waals surface area contributed by atoms with Crippen LogP contribution in [-0.2, 0) is 9.53 Å². The van der Waals surface area contributed by atoms with E-state index >= 15 is 0 Å². The minimum Gasteiger partial charge on any atom is -0.381 e. The fourth-order valence-corrected chi connectivity index (χ4v) is 1.55. The molecular weight excluding hydrogens is 142 g/mol. The fraction of sp³-hybridized carbons (Fsp3) is 0.875. The third-order valence-electron chi connectivity index (χ3n) is 2.12. The van der Waals surface area contributed by atoms with Crippen LogP contribution in [0, 0.1) is 5.41 Å². The lowest BCUT2D eigenvalue weighted by atomic mass is 9.81. The van der Waals surface area contributed by atoms with E-state index in [2.05, 4.69) is 6.92 Å². The predicted octanol–water partition coefficient (Wildman–Crippen LogP) is 0.679. The summed E-state index contributed by atoms with van der Waals surface area (Å²) >= 11 is 0. The molecule has 0 unspecified atom stereocenters. The minimum absolute atomic E-state index is 0.00405. The number of hydrogen-bond donors (Lipinski definition) is 1. The Hall–Kier alpha value is -0.570. The molecule has 0 saturated carbocycles. The van der Waals surface area contributed by atoms with Crippen molar-refractivity contribution in [1.82, 2.24) is 0 Å². The van der Waals surface area contributed by atoms with Gasteiger partial charge < -0.3 is 10.5 Å². The van der Waals surface area contributed by atoms with Gasteiger partial charge in [-0.25, -0.2) is 0 Å². The largest absolute Gasteiger partial charge is 0.381 e. The lowest BCUT2D eigenvalue weighted by Gasteiger charge is -2.32. The van der Waals surface area contributed by atoms with E-state index in [4.69, 9.17) is 10.5 Å². The Morgan fingerprint density at radius 3 is 2.91 bits per heavy atom. The van der Waals surface area contributed by atoms with Crippen molar-refractivity contribution >= 4 is 5.91 Å². The summed E-state index contributed by atoms with van der Waals surface area (Å²) in [6, 6.07) is 0. The maximum Gasteiger partial charge on any atom is 0.218 e. The van der Waals surface area contributed by atoms with Crippen molar-refractivity contribution in [1.29, 1.82) is 0 Å². The van der Waals surface area contributed by atoms with Crippen LogP contribution in [0.5, 0.6) is 0 Å². The molecule has 0 radical (unpaired) electrons. The summed E-state index contributed by atoms with van der Waals surface area (Å²) in [6.45, 7) is 3.56. The molecule has 1 amide bonds. The van der Waals surface area contributed by atoms with Crippen molar-refractivity contribution in [2.45, 2.75) is 26.2 Å². The van der Waals surface area contributed by atoms with Gasteiger partial charge in [-0.3, -0.25) is 4.79 Å². The van der Waals surface area contributed by atoms with Crippen LogP contribution >= 0.6 is 0 Å². The van der Waals surface area contributed by atoms with Gasteiger partial charge in [-0.2, -0.15) is 0 Å². The van der Waals surface area contributed by atoms with Crippen molar-refractivity contribution in [2.75, 3.05) is 13.2 Å². The van der Waals surface area contributed by atoms with Gasteiger partial charge in [0.2, 0.25) is 5.91 Å². The lowest BCUT2D eigenvalue weighted by Crippen LogP contribution is -2.33. The normalized spacial score (nSPS) is 31.7. The van der Waals surface area contributed by atoms with Gasteiger partial charge in [0.15, 0.2) is 0 Å². The molecule has 1 saturated heterocycles. The number of ether oxygens (including phenoxy) is 1. The number of carbonyl (C=O) groups is 1. The summed E-state index contributed by atoms with van der Waals surface area (Å²) in [7, 11) is 0. The summed E-state index contributed by atoms with van der Waals surface area (Å²) in [5, 5.41) is 0. The highest BCUT2D eigenvalue weighted by Crippen LogP contribution is 2.30. The van der Waals surface area contributed by atoms with Crippen LogP contribution in [0.3, 0.4) is 0 Å². The molecule has 0 aromatic rings. The number of rotatable bonds is 2. The lowest BCUT2D eigenvalue weighted by molar-refractivity contribution is -0.122. The zero-order chi connectivity index (χ0) is 8.32. The summed E-state index contributed by atoms with van der Waals surface area (Å²) in [6.07, 6.45) is 2.55. The van der Waals surface area contributed by atoms with Gasteiger partial charge >= 0.3 is 0 Å². The summed E-state index contributed by atoms with van der Waals surface area (Å²) in [5.74, 6) is -0.224. The first-order valence-electron chi connectivity index (χ1n) is 3.98. The summed E-state index contributed by atoms with van der Waals surface area (Å²) < 4.78 is 5.28. The monoisotopic (exact) mass is 157 g/mol. The molecule has 3 nitrogen and oxygen atoms in total. The maximum absolute atomic E-state index is 10.6. The molecule has 11 heavy (non-hydrogen) atoms. The predicted molar refractivity (Wildman–Crippen MR) is 42.0 cm³/mol. The molecular formula is C8H15NO2. The number of nitrogens with two attached hydrogens (primary N) is 1. The van der Waals surface area contributed by atoms with E-state index in [0.29, 0.717) is 13.0 Å². The summed E-state index contributed by atoms with van der Waals surface area (Å²) in [5.41, 5.74) is 5.12. The third kappa shape index (κ3) is 2.50. The number of amides is 1. The molecule has 0 aromatic carbocycles. The molecule has 1 aliphatic heterocycles. The molecule has 64 valence electrons. The zero-order valence-electron chi connectivity index (χ0n) is 6.93. The highest BCUT2D eigenvalue weighted by Gasteiger charge is 2.29. The van der Waals surface area contributed by atoms with Crippen molar-refractivity contribution < 1.29 is 9.53 Å². The number of hydrogen-bond acceptors (Lipinski definition) is 2. The average molecular weight is 157 g/mol.